The second-order valence-electron chi connectivity index (χ2n) is 4.20. The summed E-state index contributed by atoms with van der Waals surface area (Å²) < 4.78 is 0.778. The summed E-state index contributed by atoms with van der Waals surface area (Å²) in [5.74, 6) is -0.210. The van der Waals surface area contributed by atoms with E-state index in [1.54, 1.807) is 11.0 Å². The number of hydrogen-bond acceptors (Lipinski definition) is 3. The van der Waals surface area contributed by atoms with Crippen molar-refractivity contribution < 1.29 is 14.7 Å². The number of hydrogen-bond donors (Lipinski definition) is 2. The first kappa shape index (κ1) is 13.7. The van der Waals surface area contributed by atoms with Crippen molar-refractivity contribution in [3.8, 4) is 0 Å². The van der Waals surface area contributed by atoms with Crippen molar-refractivity contribution in [3.63, 3.8) is 0 Å². The van der Waals surface area contributed by atoms with Crippen molar-refractivity contribution in [1.29, 1.82) is 0 Å². The van der Waals surface area contributed by atoms with Crippen LogP contribution in [-0.4, -0.2) is 29.3 Å². The highest BCUT2D eigenvalue weighted by molar-refractivity contribution is 14.1. The average molecular weight is 377 g/mol. The molecule has 2 rings (SSSR count). The average Bonchev–Trinajstić information content (AvgIpc) is 2.70. The summed E-state index contributed by atoms with van der Waals surface area (Å²) in [4.78, 5) is 24.8. The molecule has 1 aliphatic rings. The number of para-hydroxylation sites is 1. The largest absolute Gasteiger partial charge is 0.478 e. The molecule has 0 aliphatic carbocycles. The Labute approximate surface area is 124 Å². The van der Waals surface area contributed by atoms with Crippen LogP contribution in [0.4, 0.5) is 5.69 Å². The maximum Gasteiger partial charge on any atom is 0.337 e. The molecule has 4 nitrogen and oxygen atoms in total. The van der Waals surface area contributed by atoms with Gasteiger partial charge in [-0.3, -0.25) is 4.79 Å². The number of thiol groups is 1. The van der Waals surface area contributed by atoms with E-state index >= 15 is 0 Å². The molecular formula is C12H12INO3S. The molecule has 1 amide bonds. The van der Waals surface area contributed by atoms with E-state index < -0.39 is 5.97 Å². The highest BCUT2D eigenvalue weighted by Crippen LogP contribution is 2.32. The third-order valence-electron chi connectivity index (χ3n) is 2.95. The van der Waals surface area contributed by atoms with Gasteiger partial charge < -0.3 is 10.0 Å². The van der Waals surface area contributed by atoms with Crippen molar-refractivity contribution in [1.82, 2.24) is 0 Å². The fourth-order valence-electron chi connectivity index (χ4n) is 2.08. The third-order valence-corrected chi connectivity index (χ3v) is 4.34. The molecule has 1 aromatic rings. The maximum atomic E-state index is 12.0. The Morgan fingerprint density at radius 3 is 2.83 bits per heavy atom. The van der Waals surface area contributed by atoms with Gasteiger partial charge in [-0.1, -0.05) is 6.07 Å². The second kappa shape index (κ2) is 5.48. The highest BCUT2D eigenvalue weighted by atomic mass is 127. The maximum absolute atomic E-state index is 12.0. The molecule has 1 fully saturated rings. The van der Waals surface area contributed by atoms with Gasteiger partial charge in [-0.15, -0.1) is 0 Å². The van der Waals surface area contributed by atoms with E-state index in [0.717, 1.165) is 3.57 Å². The van der Waals surface area contributed by atoms with E-state index in [1.807, 2.05) is 6.07 Å². The van der Waals surface area contributed by atoms with Gasteiger partial charge in [-0.25, -0.2) is 4.79 Å². The molecule has 1 N–H and O–H groups in total. The predicted octanol–water partition coefficient (Wildman–Crippen LogP) is 2.27. The number of halogens is 1. The lowest BCUT2D eigenvalue weighted by Gasteiger charge is -2.20. The van der Waals surface area contributed by atoms with Gasteiger partial charge in [-0.05, 0) is 46.4 Å². The zero-order valence-corrected chi connectivity index (χ0v) is 12.5. The first-order valence-electron chi connectivity index (χ1n) is 5.47. The van der Waals surface area contributed by atoms with Crippen LogP contribution in [0.5, 0.6) is 0 Å². The summed E-state index contributed by atoms with van der Waals surface area (Å²) in [7, 11) is 0. The van der Waals surface area contributed by atoms with Crippen molar-refractivity contribution in [2.45, 2.75) is 6.42 Å². The molecule has 0 saturated carbocycles. The lowest BCUT2D eigenvalue weighted by molar-refractivity contribution is -0.117. The fraction of sp³-hybridized carbons (Fsp3) is 0.333. The number of aromatic carboxylic acids is 1. The van der Waals surface area contributed by atoms with Gasteiger partial charge in [0.15, 0.2) is 0 Å². The van der Waals surface area contributed by atoms with Crippen LogP contribution in [0.15, 0.2) is 18.2 Å². The van der Waals surface area contributed by atoms with Crippen molar-refractivity contribution in [2.24, 2.45) is 5.92 Å². The zero-order chi connectivity index (χ0) is 13.3. The van der Waals surface area contributed by atoms with Gasteiger partial charge in [0.1, 0.15) is 0 Å². The van der Waals surface area contributed by atoms with E-state index in [4.69, 9.17) is 0 Å². The van der Waals surface area contributed by atoms with Gasteiger partial charge in [0.25, 0.3) is 0 Å². The van der Waals surface area contributed by atoms with Crippen LogP contribution in [0, 0.1) is 9.49 Å². The standard InChI is InChI=1S/C12H12INO3S/c13-9-3-1-2-8(12(16)17)11(9)14-5-7(6-18)4-10(14)15/h1-3,7,18H,4-6H2,(H,16,17). The number of carboxylic acids is 1. The first-order valence-corrected chi connectivity index (χ1v) is 7.18. The minimum absolute atomic E-state index is 0.0272. The number of anilines is 1. The molecule has 1 heterocycles. The Hall–Kier alpha value is -0.760. The third kappa shape index (κ3) is 2.49. The van der Waals surface area contributed by atoms with Crippen LogP contribution in [0.2, 0.25) is 0 Å². The van der Waals surface area contributed by atoms with E-state index in [2.05, 4.69) is 35.2 Å². The fourth-order valence-corrected chi connectivity index (χ4v) is 3.12. The molecular weight excluding hydrogens is 365 g/mol. The molecule has 96 valence electrons. The second-order valence-corrected chi connectivity index (χ2v) is 5.73. The summed E-state index contributed by atoms with van der Waals surface area (Å²) in [6.07, 6.45) is 0.438. The minimum atomic E-state index is -1.01. The van der Waals surface area contributed by atoms with Crippen molar-refractivity contribution >= 4 is 52.8 Å². The van der Waals surface area contributed by atoms with Crippen LogP contribution in [-0.2, 0) is 4.79 Å². The predicted molar refractivity (Wildman–Crippen MR) is 80.4 cm³/mol. The van der Waals surface area contributed by atoms with Crippen LogP contribution in [0.3, 0.4) is 0 Å². The Bertz CT molecular complexity index is 506. The van der Waals surface area contributed by atoms with E-state index in [0.29, 0.717) is 24.4 Å². The Balaban J connectivity index is 2.45. The Kier molecular flexibility index (Phi) is 4.16. The quantitative estimate of drug-likeness (QED) is 0.628. The van der Waals surface area contributed by atoms with Gasteiger partial charge in [0, 0.05) is 16.5 Å². The number of rotatable bonds is 3. The molecule has 1 atom stereocenters. The van der Waals surface area contributed by atoms with Gasteiger partial charge in [-0.2, -0.15) is 12.6 Å². The van der Waals surface area contributed by atoms with E-state index in [9.17, 15) is 14.7 Å². The number of benzene rings is 1. The number of carbonyl (C=O) groups excluding carboxylic acids is 1. The summed E-state index contributed by atoms with van der Waals surface area (Å²) in [5.41, 5.74) is 0.690. The van der Waals surface area contributed by atoms with Crippen molar-refractivity contribution in [3.05, 3.63) is 27.3 Å². The van der Waals surface area contributed by atoms with Gasteiger partial charge in [0.05, 0.1) is 11.3 Å². The number of amides is 1. The molecule has 1 saturated heterocycles. The molecule has 0 radical (unpaired) electrons. The summed E-state index contributed by atoms with van der Waals surface area (Å²) in [6, 6.07) is 5.02. The van der Waals surface area contributed by atoms with Gasteiger partial charge in [0.2, 0.25) is 5.91 Å². The summed E-state index contributed by atoms with van der Waals surface area (Å²) in [5, 5.41) is 9.20. The summed E-state index contributed by atoms with van der Waals surface area (Å²) in [6.45, 7) is 0.544. The summed E-state index contributed by atoms with van der Waals surface area (Å²) >= 11 is 6.27. The van der Waals surface area contributed by atoms with E-state index in [-0.39, 0.29) is 17.4 Å². The van der Waals surface area contributed by atoms with Crippen molar-refractivity contribution in [2.75, 3.05) is 17.2 Å². The Morgan fingerprint density at radius 1 is 1.56 bits per heavy atom. The lowest BCUT2D eigenvalue weighted by Crippen LogP contribution is -2.27. The normalized spacial score (nSPS) is 19.3. The number of carbonyl (C=O) groups is 2. The molecule has 1 aromatic carbocycles. The van der Waals surface area contributed by atoms with Crippen LogP contribution < -0.4 is 4.90 Å². The molecule has 6 heteroatoms. The SMILES string of the molecule is O=C(O)c1cccc(I)c1N1CC(CS)CC1=O. The van der Waals surface area contributed by atoms with Crippen LogP contribution in [0.1, 0.15) is 16.8 Å². The van der Waals surface area contributed by atoms with Gasteiger partial charge >= 0.3 is 5.97 Å². The van der Waals surface area contributed by atoms with Crippen LogP contribution >= 0.6 is 35.2 Å². The zero-order valence-electron chi connectivity index (χ0n) is 9.47. The smallest absolute Gasteiger partial charge is 0.337 e. The molecule has 0 bridgehead atoms. The van der Waals surface area contributed by atoms with Crippen LogP contribution in [0.25, 0.3) is 0 Å². The number of carboxylic acid groups (broad SMARTS) is 1. The topological polar surface area (TPSA) is 57.6 Å². The van der Waals surface area contributed by atoms with E-state index in [1.165, 1.54) is 6.07 Å². The first-order chi connectivity index (χ1) is 8.54. The minimum Gasteiger partial charge on any atom is -0.478 e. The lowest BCUT2D eigenvalue weighted by atomic mass is 10.1. The molecule has 0 aromatic heterocycles. The Morgan fingerprint density at radius 2 is 2.28 bits per heavy atom. The monoisotopic (exact) mass is 377 g/mol. The highest BCUT2D eigenvalue weighted by Gasteiger charge is 2.33. The molecule has 1 aliphatic heterocycles. The molecule has 0 spiro atoms. The molecule has 1 unspecified atom stereocenters. The number of nitrogens with zero attached hydrogens (tertiary/aromatic N) is 1. The molecule has 18 heavy (non-hydrogen) atoms.